The third-order valence-corrected chi connectivity index (χ3v) is 11.0. The molecular weight excluding hydrogens is 788 g/mol. The van der Waals surface area contributed by atoms with E-state index in [1.54, 1.807) is 6.08 Å². The molecule has 7 rings (SSSR count). The van der Waals surface area contributed by atoms with Crippen molar-refractivity contribution in [2.75, 3.05) is 13.2 Å². The lowest BCUT2D eigenvalue weighted by Crippen LogP contribution is -2.61. The van der Waals surface area contributed by atoms with Gasteiger partial charge in [0.2, 0.25) is 6.29 Å². The number of rotatable bonds is 12. The van der Waals surface area contributed by atoms with E-state index in [-0.39, 0.29) is 5.75 Å². The fourth-order valence-corrected chi connectivity index (χ4v) is 7.78. The van der Waals surface area contributed by atoms with Crippen LogP contribution < -0.4 is 0 Å². The topological polar surface area (TPSA) is 314 Å². The quantitative estimate of drug-likeness (QED) is 0.0510. The highest BCUT2D eigenvalue weighted by Gasteiger charge is 2.77. The van der Waals surface area contributed by atoms with E-state index in [4.69, 9.17) is 37.9 Å². The molecule has 4 heterocycles. The van der Waals surface area contributed by atoms with Crippen LogP contribution in [0.25, 0.3) is 12.2 Å². The average molecular weight is 833 g/mol. The second-order valence-corrected chi connectivity index (χ2v) is 14.7. The number of carbonyl (C=O) groups is 2. The van der Waals surface area contributed by atoms with Crippen LogP contribution in [0.15, 0.2) is 60.9 Å². The second-order valence-electron chi connectivity index (χ2n) is 14.7. The lowest BCUT2D eigenvalue weighted by Gasteiger charge is -2.44. The fraction of sp³-hybridized carbons (Fsp3) is 0.487. The summed E-state index contributed by atoms with van der Waals surface area (Å²) in [5.74, 6) is -5.31. The molecule has 3 saturated heterocycles. The van der Waals surface area contributed by atoms with Gasteiger partial charge in [0.15, 0.2) is 47.8 Å². The van der Waals surface area contributed by atoms with Gasteiger partial charge >= 0.3 is 11.9 Å². The summed E-state index contributed by atoms with van der Waals surface area (Å²) >= 11 is 0. The molecule has 4 aliphatic heterocycles. The molecule has 10 N–H and O–H groups in total. The summed E-state index contributed by atoms with van der Waals surface area (Å²) in [6, 6.07) is 7.58. The highest BCUT2D eigenvalue weighted by atomic mass is 16.8. The van der Waals surface area contributed by atoms with Gasteiger partial charge in [-0.2, -0.15) is 0 Å². The standard InChI is InChI=1S/C39H44O20/c1-16-28(48)33(55-25(46)8-4-17-2-6-20(42)22(44)12-17)34(56-26(47)9-5-18-3-7-21(43)23(45)13-18)38(53-16)57-32-19-10-11-52-36(27(19)39(15-41)35(32)59-39)58-37-31(51)30(50)29(49)24(14-40)54-37/h2-13,16,19,24,27-38,40-45,48-51H,14-15H2,1H3/b8-4+,9-5+/t16-,19+,24-,27-,28-,29-,30+,31+,32+,33+,34-,35+,36+,37+,38-,39-/m1/s1. The lowest BCUT2D eigenvalue weighted by atomic mass is 9.85. The minimum Gasteiger partial charge on any atom is -0.504 e. The molecule has 59 heavy (non-hydrogen) atoms. The summed E-state index contributed by atoms with van der Waals surface area (Å²) in [7, 11) is 0. The van der Waals surface area contributed by atoms with Crippen molar-refractivity contribution in [3.63, 3.8) is 0 Å². The summed E-state index contributed by atoms with van der Waals surface area (Å²) in [5.41, 5.74) is -0.761. The number of benzene rings is 2. The number of epoxide rings is 1. The van der Waals surface area contributed by atoms with E-state index in [9.17, 15) is 60.7 Å². The molecule has 0 radical (unpaired) electrons. The van der Waals surface area contributed by atoms with Crippen LogP contribution in [0.1, 0.15) is 18.1 Å². The number of phenols is 4. The van der Waals surface area contributed by atoms with Crippen LogP contribution in [-0.2, 0) is 47.5 Å². The molecule has 2 aromatic carbocycles. The van der Waals surface area contributed by atoms with Crippen molar-refractivity contribution in [2.24, 2.45) is 11.8 Å². The molecule has 0 unspecified atom stereocenters. The summed E-state index contributed by atoms with van der Waals surface area (Å²) in [4.78, 5) is 26.6. The molecular formula is C39H44O20. The van der Waals surface area contributed by atoms with Crippen LogP contribution in [0.2, 0.25) is 0 Å². The van der Waals surface area contributed by atoms with Crippen molar-refractivity contribution in [3.8, 4) is 23.0 Å². The van der Waals surface area contributed by atoms with E-state index in [2.05, 4.69) is 0 Å². The van der Waals surface area contributed by atoms with Crippen molar-refractivity contribution in [3.05, 3.63) is 72.0 Å². The first-order valence-corrected chi connectivity index (χ1v) is 18.5. The molecule has 320 valence electrons. The number of aromatic hydroxyl groups is 4. The molecule has 20 nitrogen and oxygen atoms in total. The Morgan fingerprint density at radius 1 is 0.712 bits per heavy atom. The highest BCUT2D eigenvalue weighted by Crippen LogP contribution is 2.61. The summed E-state index contributed by atoms with van der Waals surface area (Å²) < 4.78 is 47.1. The third kappa shape index (κ3) is 8.34. The number of fused-ring (bicyclic) bond motifs is 3. The Bertz CT molecular complexity index is 1950. The van der Waals surface area contributed by atoms with Crippen LogP contribution in [0.3, 0.4) is 0 Å². The van der Waals surface area contributed by atoms with Crippen LogP contribution >= 0.6 is 0 Å². The van der Waals surface area contributed by atoms with Gasteiger partial charge in [-0.05, 0) is 60.5 Å². The van der Waals surface area contributed by atoms with E-state index in [0.29, 0.717) is 11.1 Å². The number of hydrogen-bond acceptors (Lipinski definition) is 20. The molecule has 1 saturated carbocycles. The Balaban J connectivity index is 1.14. The summed E-state index contributed by atoms with van der Waals surface area (Å²) in [6.45, 7) is 0.163. The summed E-state index contributed by atoms with van der Waals surface area (Å²) in [5, 5.41) is 102. The number of phenolic OH excluding ortho intramolecular Hbond substituents is 4. The van der Waals surface area contributed by atoms with Gasteiger partial charge in [0.1, 0.15) is 42.2 Å². The molecule has 0 spiro atoms. The minimum atomic E-state index is -1.77. The van der Waals surface area contributed by atoms with Gasteiger partial charge in [0, 0.05) is 18.1 Å². The van der Waals surface area contributed by atoms with Crippen molar-refractivity contribution in [1.29, 1.82) is 0 Å². The maximum absolute atomic E-state index is 13.4. The molecule has 5 aliphatic rings. The SMILES string of the molecule is C[C@H]1O[C@H](O[C@H]2[C@H]3C=CO[C@@H](O[C@@H]4O[C@H](CO)[C@@H](O)[C@H](O)[C@@H]4O)[C@@H]3[C@@]3(CO)O[C@@H]23)[C@H](OC(=O)/C=C/c2ccc(O)c(O)c2)[C@@H](OC(=O)/C=C/c2ccc(O)c(O)c2)[C@@H]1O. The van der Waals surface area contributed by atoms with Gasteiger partial charge in [0.25, 0.3) is 0 Å². The van der Waals surface area contributed by atoms with E-state index < -0.39 is 140 Å². The second kappa shape index (κ2) is 17.0. The normalized spacial score (nSPS) is 38.7. The zero-order valence-electron chi connectivity index (χ0n) is 31.1. The van der Waals surface area contributed by atoms with E-state index in [1.165, 1.54) is 61.7 Å². The molecule has 0 bridgehead atoms. The van der Waals surface area contributed by atoms with Gasteiger partial charge in [-0.15, -0.1) is 0 Å². The van der Waals surface area contributed by atoms with Gasteiger partial charge in [-0.25, -0.2) is 9.59 Å². The smallest absolute Gasteiger partial charge is 0.331 e. The predicted octanol–water partition coefficient (Wildman–Crippen LogP) is -1.39. The first-order chi connectivity index (χ1) is 28.1. The molecule has 4 fully saturated rings. The monoisotopic (exact) mass is 832 g/mol. The van der Waals surface area contributed by atoms with Gasteiger partial charge in [-0.3, -0.25) is 0 Å². The van der Waals surface area contributed by atoms with Gasteiger partial charge < -0.3 is 89.0 Å². The van der Waals surface area contributed by atoms with Gasteiger partial charge in [-0.1, -0.05) is 12.1 Å². The largest absolute Gasteiger partial charge is 0.504 e. The number of hydrogen-bond donors (Lipinski definition) is 10. The van der Waals surface area contributed by atoms with Crippen LogP contribution in [0.4, 0.5) is 0 Å². The predicted molar refractivity (Wildman–Crippen MR) is 193 cm³/mol. The van der Waals surface area contributed by atoms with E-state index >= 15 is 0 Å². The maximum atomic E-state index is 13.4. The van der Waals surface area contributed by atoms with Gasteiger partial charge in [0.05, 0.1) is 37.6 Å². The Morgan fingerprint density at radius 2 is 1.32 bits per heavy atom. The van der Waals surface area contributed by atoms with Crippen molar-refractivity contribution in [2.45, 2.75) is 92.4 Å². The van der Waals surface area contributed by atoms with E-state index in [1.807, 2.05) is 0 Å². The molecule has 20 heteroatoms. The van der Waals surface area contributed by atoms with Crippen molar-refractivity contribution < 1.29 is 98.5 Å². The summed E-state index contributed by atoms with van der Waals surface area (Å²) in [6.07, 6.45) is -11.5. The first-order valence-electron chi connectivity index (χ1n) is 18.5. The Morgan fingerprint density at radius 3 is 1.90 bits per heavy atom. The first kappa shape index (κ1) is 42.3. The Hall–Kier alpha value is -4.84. The molecule has 0 amide bonds. The maximum Gasteiger partial charge on any atom is 0.331 e. The zero-order chi connectivity index (χ0) is 42.3. The lowest BCUT2D eigenvalue weighted by molar-refractivity contribution is -0.347. The zero-order valence-corrected chi connectivity index (χ0v) is 31.1. The average Bonchev–Trinajstić information content (AvgIpc) is 3.89. The van der Waals surface area contributed by atoms with Crippen LogP contribution in [-0.4, -0.2) is 162 Å². The van der Waals surface area contributed by atoms with Crippen molar-refractivity contribution in [1.82, 2.24) is 0 Å². The molecule has 0 aromatic heterocycles. The number of ether oxygens (including phenoxy) is 8. The fourth-order valence-electron chi connectivity index (χ4n) is 7.78. The molecule has 2 aromatic rings. The highest BCUT2D eigenvalue weighted by molar-refractivity contribution is 5.88. The molecule has 16 atom stereocenters. The Labute approximate surface area is 334 Å². The van der Waals surface area contributed by atoms with Crippen LogP contribution in [0, 0.1) is 11.8 Å². The van der Waals surface area contributed by atoms with E-state index in [0.717, 1.165) is 12.2 Å². The van der Waals surface area contributed by atoms with Crippen molar-refractivity contribution >= 4 is 24.1 Å². The third-order valence-electron chi connectivity index (χ3n) is 11.0. The molecule has 1 aliphatic carbocycles. The minimum absolute atomic E-state index is 0.294. The number of esters is 2. The Kier molecular flexibility index (Phi) is 12.2. The van der Waals surface area contributed by atoms with Crippen LogP contribution in [0.5, 0.6) is 23.0 Å². The number of aliphatic hydroxyl groups excluding tert-OH is 6. The number of carbonyl (C=O) groups excluding carboxylic acids is 2. The number of aliphatic hydroxyl groups is 6.